The molecule has 2 aromatic rings. The third-order valence-corrected chi connectivity index (χ3v) is 5.34. The lowest BCUT2D eigenvalue weighted by Crippen LogP contribution is -2.38. The Labute approximate surface area is 137 Å². The highest BCUT2D eigenvalue weighted by Crippen LogP contribution is 2.25. The van der Waals surface area contributed by atoms with Crippen molar-refractivity contribution >= 4 is 37.5 Å². The quantitative estimate of drug-likeness (QED) is 0.861. The van der Waals surface area contributed by atoms with Gasteiger partial charge in [-0.15, -0.1) is 0 Å². The Morgan fingerprint density at radius 2 is 1.64 bits per heavy atom. The van der Waals surface area contributed by atoms with Crippen LogP contribution in [0.1, 0.15) is 5.56 Å². The van der Waals surface area contributed by atoms with Crippen LogP contribution in [0.5, 0.6) is 0 Å². The van der Waals surface area contributed by atoms with Crippen molar-refractivity contribution < 1.29 is 13.2 Å². The maximum Gasteiger partial charge on any atom is 0.264 e. The van der Waals surface area contributed by atoms with Crippen molar-refractivity contribution in [2.45, 2.75) is 11.8 Å². The largest absolute Gasteiger partial charge is 0.368 e. The maximum absolute atomic E-state index is 12.8. The highest BCUT2D eigenvalue weighted by atomic mass is 79.9. The smallest absolute Gasteiger partial charge is 0.264 e. The molecular formula is C15H15BrN2O3S. The molecule has 0 saturated heterocycles. The first-order chi connectivity index (χ1) is 10.3. The lowest BCUT2D eigenvalue weighted by atomic mass is 10.2. The van der Waals surface area contributed by atoms with Gasteiger partial charge < -0.3 is 5.73 Å². The van der Waals surface area contributed by atoms with E-state index in [2.05, 4.69) is 15.9 Å². The molecule has 0 heterocycles. The maximum atomic E-state index is 12.8. The molecule has 0 aliphatic heterocycles. The Morgan fingerprint density at radius 3 is 2.14 bits per heavy atom. The number of carbonyl (C=O) groups excluding carboxylic acids is 1. The molecule has 0 aliphatic carbocycles. The Morgan fingerprint density at radius 1 is 1.09 bits per heavy atom. The predicted molar refractivity (Wildman–Crippen MR) is 89.0 cm³/mol. The Balaban J connectivity index is 2.50. The molecule has 2 rings (SSSR count). The van der Waals surface area contributed by atoms with Gasteiger partial charge in [-0.3, -0.25) is 9.10 Å². The van der Waals surface area contributed by atoms with Gasteiger partial charge in [-0.2, -0.15) is 0 Å². The number of amides is 1. The minimum Gasteiger partial charge on any atom is -0.368 e. The molecule has 0 aliphatic rings. The van der Waals surface area contributed by atoms with Gasteiger partial charge in [-0.25, -0.2) is 8.42 Å². The van der Waals surface area contributed by atoms with E-state index in [0.29, 0.717) is 5.69 Å². The Hall–Kier alpha value is -1.86. The van der Waals surface area contributed by atoms with Gasteiger partial charge in [-0.05, 0) is 43.3 Å². The number of benzene rings is 2. The van der Waals surface area contributed by atoms with Gasteiger partial charge in [-0.1, -0.05) is 33.6 Å². The first kappa shape index (κ1) is 16.5. The summed E-state index contributed by atoms with van der Waals surface area (Å²) in [5.74, 6) is -0.724. The number of aryl methyl sites for hydroxylation is 1. The van der Waals surface area contributed by atoms with E-state index in [1.807, 2.05) is 6.92 Å². The minimum absolute atomic E-state index is 0.113. The first-order valence-electron chi connectivity index (χ1n) is 6.44. The van der Waals surface area contributed by atoms with E-state index in [-0.39, 0.29) is 4.90 Å². The van der Waals surface area contributed by atoms with E-state index in [1.165, 1.54) is 12.1 Å². The third kappa shape index (κ3) is 3.66. The summed E-state index contributed by atoms with van der Waals surface area (Å²) in [6.07, 6.45) is 0. The average molecular weight is 383 g/mol. The SMILES string of the molecule is Cc1ccc(S(=O)(=O)N(CC(N)=O)c2ccc(Br)cc2)cc1. The molecule has 0 radical (unpaired) electrons. The molecule has 2 N–H and O–H groups in total. The minimum atomic E-state index is -3.86. The summed E-state index contributed by atoms with van der Waals surface area (Å²) in [6, 6.07) is 13.1. The van der Waals surface area contributed by atoms with Crippen LogP contribution in [-0.4, -0.2) is 20.9 Å². The summed E-state index contributed by atoms with van der Waals surface area (Å²) >= 11 is 3.29. The molecule has 0 spiro atoms. The zero-order chi connectivity index (χ0) is 16.3. The molecule has 1 amide bonds. The summed E-state index contributed by atoms with van der Waals surface area (Å²) in [6.45, 7) is 1.45. The van der Waals surface area contributed by atoms with Crippen LogP contribution >= 0.6 is 15.9 Å². The summed E-state index contributed by atoms with van der Waals surface area (Å²) in [7, 11) is -3.86. The number of primary amides is 1. The highest BCUT2D eigenvalue weighted by molar-refractivity contribution is 9.10. The molecule has 0 fully saturated rings. The number of sulfonamides is 1. The van der Waals surface area contributed by atoms with Gasteiger partial charge in [0.2, 0.25) is 5.91 Å². The number of nitrogens with zero attached hydrogens (tertiary/aromatic N) is 1. The van der Waals surface area contributed by atoms with Crippen molar-refractivity contribution in [3.8, 4) is 0 Å². The number of anilines is 1. The number of rotatable bonds is 5. The second-order valence-electron chi connectivity index (χ2n) is 4.77. The summed E-state index contributed by atoms with van der Waals surface area (Å²) in [5, 5.41) is 0. The molecule has 0 aromatic heterocycles. The number of hydrogen-bond acceptors (Lipinski definition) is 3. The predicted octanol–water partition coefficient (Wildman–Crippen LogP) is 2.44. The average Bonchev–Trinajstić information content (AvgIpc) is 2.46. The van der Waals surface area contributed by atoms with E-state index < -0.39 is 22.5 Å². The van der Waals surface area contributed by atoms with Crippen LogP contribution in [0.25, 0.3) is 0 Å². The number of hydrogen-bond donors (Lipinski definition) is 1. The van der Waals surface area contributed by atoms with Crippen LogP contribution in [0, 0.1) is 6.92 Å². The van der Waals surface area contributed by atoms with Gasteiger partial charge in [0.05, 0.1) is 10.6 Å². The zero-order valence-electron chi connectivity index (χ0n) is 11.9. The van der Waals surface area contributed by atoms with Gasteiger partial charge in [0.25, 0.3) is 10.0 Å². The molecule has 0 unspecified atom stereocenters. The van der Waals surface area contributed by atoms with E-state index in [1.54, 1.807) is 36.4 Å². The first-order valence-corrected chi connectivity index (χ1v) is 8.67. The van der Waals surface area contributed by atoms with Crippen molar-refractivity contribution in [3.63, 3.8) is 0 Å². The fourth-order valence-corrected chi connectivity index (χ4v) is 3.60. The number of nitrogens with two attached hydrogens (primary N) is 1. The fraction of sp³-hybridized carbons (Fsp3) is 0.133. The molecule has 7 heteroatoms. The van der Waals surface area contributed by atoms with E-state index >= 15 is 0 Å². The second kappa shape index (κ2) is 6.50. The molecule has 2 aromatic carbocycles. The normalized spacial score (nSPS) is 11.2. The van der Waals surface area contributed by atoms with Crippen LogP contribution < -0.4 is 10.0 Å². The summed E-state index contributed by atoms with van der Waals surface area (Å²) in [5.41, 5.74) is 6.53. The van der Waals surface area contributed by atoms with Gasteiger partial charge >= 0.3 is 0 Å². The van der Waals surface area contributed by atoms with Crippen molar-refractivity contribution in [2.24, 2.45) is 5.73 Å². The van der Waals surface area contributed by atoms with E-state index in [0.717, 1.165) is 14.3 Å². The molecule has 0 atom stereocenters. The standard InChI is InChI=1S/C15H15BrN2O3S/c1-11-2-8-14(9-3-11)22(20,21)18(10-15(17)19)13-6-4-12(16)5-7-13/h2-9H,10H2,1H3,(H2,17,19). The topological polar surface area (TPSA) is 80.5 Å². The summed E-state index contributed by atoms with van der Waals surface area (Å²) < 4.78 is 27.4. The number of carbonyl (C=O) groups is 1. The van der Waals surface area contributed by atoms with Crippen LogP contribution in [0.2, 0.25) is 0 Å². The van der Waals surface area contributed by atoms with Crippen molar-refractivity contribution in [2.75, 3.05) is 10.8 Å². The van der Waals surface area contributed by atoms with Crippen LogP contribution in [0.3, 0.4) is 0 Å². The Kier molecular flexibility index (Phi) is 4.87. The van der Waals surface area contributed by atoms with Gasteiger partial charge in [0.1, 0.15) is 6.54 Å². The highest BCUT2D eigenvalue weighted by Gasteiger charge is 2.26. The second-order valence-corrected chi connectivity index (χ2v) is 7.55. The Bertz CT molecular complexity index is 771. The van der Waals surface area contributed by atoms with E-state index in [4.69, 9.17) is 5.73 Å². The van der Waals surface area contributed by atoms with Crippen LogP contribution in [0.4, 0.5) is 5.69 Å². The third-order valence-electron chi connectivity index (χ3n) is 3.02. The van der Waals surface area contributed by atoms with E-state index in [9.17, 15) is 13.2 Å². The van der Waals surface area contributed by atoms with Crippen molar-refractivity contribution in [1.82, 2.24) is 0 Å². The fourth-order valence-electron chi connectivity index (χ4n) is 1.90. The molecule has 116 valence electrons. The monoisotopic (exact) mass is 382 g/mol. The summed E-state index contributed by atoms with van der Waals surface area (Å²) in [4.78, 5) is 11.4. The van der Waals surface area contributed by atoms with Gasteiger partial charge in [0, 0.05) is 4.47 Å². The lowest BCUT2D eigenvalue weighted by molar-refractivity contribution is -0.116. The van der Waals surface area contributed by atoms with Crippen molar-refractivity contribution in [3.05, 3.63) is 58.6 Å². The molecule has 5 nitrogen and oxygen atoms in total. The number of halogens is 1. The van der Waals surface area contributed by atoms with Crippen molar-refractivity contribution in [1.29, 1.82) is 0 Å². The molecule has 0 saturated carbocycles. The molecular weight excluding hydrogens is 368 g/mol. The molecule has 22 heavy (non-hydrogen) atoms. The zero-order valence-corrected chi connectivity index (χ0v) is 14.3. The van der Waals surface area contributed by atoms with Crippen LogP contribution in [-0.2, 0) is 14.8 Å². The van der Waals surface area contributed by atoms with Crippen LogP contribution in [0.15, 0.2) is 57.9 Å². The molecule has 0 bridgehead atoms. The lowest BCUT2D eigenvalue weighted by Gasteiger charge is -2.23. The van der Waals surface area contributed by atoms with Gasteiger partial charge in [0.15, 0.2) is 0 Å².